The lowest BCUT2D eigenvalue weighted by molar-refractivity contribution is -0.384. The van der Waals surface area contributed by atoms with E-state index in [9.17, 15) is 14.9 Å². The molecule has 1 amide bonds. The Bertz CT molecular complexity index is 671. The average molecular weight is 273 g/mol. The summed E-state index contributed by atoms with van der Waals surface area (Å²) in [6.07, 6.45) is 3.93. The van der Waals surface area contributed by atoms with Crippen LogP contribution in [0.2, 0.25) is 0 Å². The molecule has 1 aliphatic heterocycles. The summed E-state index contributed by atoms with van der Waals surface area (Å²) in [6.45, 7) is 1.88. The predicted octanol–water partition coefficient (Wildman–Crippen LogP) is 2.17. The lowest BCUT2D eigenvalue weighted by Gasteiger charge is -2.15. The number of fused-ring (bicyclic) bond motifs is 1. The molecule has 0 radical (unpaired) electrons. The van der Waals surface area contributed by atoms with E-state index < -0.39 is 4.92 Å². The molecule has 1 saturated heterocycles. The Morgan fingerprint density at radius 1 is 1.25 bits per heavy atom. The fraction of sp³-hybridized carbons (Fsp3) is 0.357. The Kier molecular flexibility index (Phi) is 3.14. The molecule has 0 spiro atoms. The third-order valence-corrected chi connectivity index (χ3v) is 3.73. The second-order valence-corrected chi connectivity index (χ2v) is 5.03. The van der Waals surface area contributed by atoms with Gasteiger partial charge in [0.05, 0.1) is 10.4 Å². The Hall–Kier alpha value is -2.37. The molecule has 2 heterocycles. The van der Waals surface area contributed by atoms with Gasteiger partial charge < -0.3 is 9.47 Å². The number of carbonyl (C=O) groups excluding carboxylic acids is 1. The molecule has 0 aliphatic carbocycles. The highest BCUT2D eigenvalue weighted by Crippen LogP contribution is 2.22. The van der Waals surface area contributed by atoms with Crippen LogP contribution in [0, 0.1) is 10.1 Å². The molecule has 0 atom stereocenters. The van der Waals surface area contributed by atoms with Gasteiger partial charge >= 0.3 is 0 Å². The highest BCUT2D eigenvalue weighted by atomic mass is 16.6. The highest BCUT2D eigenvalue weighted by Gasteiger charge is 2.19. The zero-order valence-corrected chi connectivity index (χ0v) is 11.0. The number of nitrogens with zero attached hydrogens (tertiary/aromatic N) is 3. The molecule has 6 nitrogen and oxygen atoms in total. The van der Waals surface area contributed by atoms with Gasteiger partial charge in [0.1, 0.15) is 6.54 Å². The summed E-state index contributed by atoms with van der Waals surface area (Å²) in [5, 5.41) is 11.7. The molecule has 0 bridgehead atoms. The van der Waals surface area contributed by atoms with Crippen molar-refractivity contribution in [2.24, 2.45) is 0 Å². The quantitative estimate of drug-likeness (QED) is 0.635. The molecule has 1 aromatic carbocycles. The van der Waals surface area contributed by atoms with Crippen LogP contribution < -0.4 is 0 Å². The normalized spacial score (nSPS) is 14.9. The first-order chi connectivity index (χ1) is 9.65. The summed E-state index contributed by atoms with van der Waals surface area (Å²) in [7, 11) is 0. The van der Waals surface area contributed by atoms with E-state index in [1.54, 1.807) is 10.6 Å². The molecule has 0 N–H and O–H groups in total. The molecule has 0 saturated carbocycles. The van der Waals surface area contributed by atoms with Crippen molar-refractivity contribution in [2.45, 2.75) is 19.4 Å². The molecular weight excluding hydrogens is 258 g/mol. The first-order valence-electron chi connectivity index (χ1n) is 6.66. The fourth-order valence-electron chi connectivity index (χ4n) is 2.64. The van der Waals surface area contributed by atoms with Crippen LogP contribution in [0.1, 0.15) is 12.8 Å². The zero-order chi connectivity index (χ0) is 14.1. The molecule has 0 unspecified atom stereocenters. The van der Waals surface area contributed by atoms with E-state index in [-0.39, 0.29) is 18.1 Å². The number of nitro groups is 1. The van der Waals surface area contributed by atoms with E-state index in [1.807, 2.05) is 17.2 Å². The topological polar surface area (TPSA) is 68.4 Å². The SMILES string of the molecule is O=C(Cn1ccc2ccc([N+](=O)[O-])cc21)N1CCCC1. The number of likely N-dealkylation sites (tertiary alicyclic amines) is 1. The van der Waals surface area contributed by atoms with Gasteiger partial charge in [-0.25, -0.2) is 0 Å². The van der Waals surface area contributed by atoms with Gasteiger partial charge in [-0.1, -0.05) is 0 Å². The van der Waals surface area contributed by atoms with Gasteiger partial charge in [0, 0.05) is 36.8 Å². The van der Waals surface area contributed by atoms with Gasteiger partial charge in [0.2, 0.25) is 5.91 Å². The molecule has 3 rings (SSSR count). The minimum absolute atomic E-state index is 0.0473. The molecular formula is C14H15N3O3. The predicted molar refractivity (Wildman–Crippen MR) is 74.4 cm³/mol. The monoisotopic (exact) mass is 273 g/mol. The summed E-state index contributed by atoms with van der Waals surface area (Å²) in [4.78, 5) is 24.4. The van der Waals surface area contributed by atoms with Gasteiger partial charge in [-0.3, -0.25) is 14.9 Å². The number of nitro benzene ring substituents is 1. The Labute approximate surface area is 115 Å². The third kappa shape index (κ3) is 2.24. The van der Waals surface area contributed by atoms with Gasteiger partial charge in [0.15, 0.2) is 0 Å². The van der Waals surface area contributed by atoms with E-state index in [2.05, 4.69) is 0 Å². The lowest BCUT2D eigenvalue weighted by Crippen LogP contribution is -2.30. The fourth-order valence-corrected chi connectivity index (χ4v) is 2.64. The van der Waals surface area contributed by atoms with Crippen molar-refractivity contribution in [2.75, 3.05) is 13.1 Å². The molecule has 6 heteroatoms. The molecule has 20 heavy (non-hydrogen) atoms. The Morgan fingerprint density at radius 2 is 2.00 bits per heavy atom. The van der Waals surface area contributed by atoms with Crippen molar-refractivity contribution in [1.82, 2.24) is 9.47 Å². The maximum Gasteiger partial charge on any atom is 0.271 e. The van der Waals surface area contributed by atoms with Gasteiger partial charge in [-0.15, -0.1) is 0 Å². The number of non-ortho nitro benzene ring substituents is 1. The zero-order valence-electron chi connectivity index (χ0n) is 11.0. The summed E-state index contributed by atoms with van der Waals surface area (Å²) in [5.41, 5.74) is 0.776. The first kappa shape index (κ1) is 12.7. The molecule has 1 aliphatic rings. The van der Waals surface area contributed by atoms with Crippen molar-refractivity contribution in [3.63, 3.8) is 0 Å². The van der Waals surface area contributed by atoms with Crippen LogP contribution in [0.15, 0.2) is 30.5 Å². The second kappa shape index (κ2) is 4.96. The number of benzene rings is 1. The summed E-state index contributed by atoms with van der Waals surface area (Å²) >= 11 is 0. The molecule has 104 valence electrons. The van der Waals surface area contributed by atoms with E-state index in [4.69, 9.17) is 0 Å². The number of amides is 1. The third-order valence-electron chi connectivity index (χ3n) is 3.73. The van der Waals surface area contributed by atoms with Gasteiger partial charge in [0.25, 0.3) is 5.69 Å². The smallest absolute Gasteiger partial charge is 0.271 e. The highest BCUT2D eigenvalue weighted by molar-refractivity contribution is 5.85. The van der Waals surface area contributed by atoms with E-state index in [1.165, 1.54) is 12.1 Å². The largest absolute Gasteiger partial charge is 0.341 e. The van der Waals surface area contributed by atoms with Gasteiger partial charge in [-0.2, -0.15) is 0 Å². The first-order valence-corrected chi connectivity index (χ1v) is 6.66. The van der Waals surface area contributed by atoms with Crippen molar-refractivity contribution >= 4 is 22.5 Å². The van der Waals surface area contributed by atoms with Crippen LogP contribution in [0.3, 0.4) is 0 Å². The Balaban J connectivity index is 1.89. The van der Waals surface area contributed by atoms with E-state index in [0.29, 0.717) is 0 Å². The molecule has 1 aromatic heterocycles. The van der Waals surface area contributed by atoms with Crippen molar-refractivity contribution in [1.29, 1.82) is 0 Å². The van der Waals surface area contributed by atoms with Crippen LogP contribution in [-0.4, -0.2) is 33.4 Å². The number of hydrogen-bond acceptors (Lipinski definition) is 3. The van der Waals surface area contributed by atoms with Crippen molar-refractivity contribution in [3.05, 3.63) is 40.6 Å². The standard InChI is InChI=1S/C14H15N3O3/c18-14(15-6-1-2-7-15)10-16-8-5-11-3-4-12(17(19)20)9-13(11)16/h3-5,8-9H,1-2,6-7,10H2. The maximum absolute atomic E-state index is 12.1. The number of hydrogen-bond donors (Lipinski definition) is 0. The van der Waals surface area contributed by atoms with Crippen LogP contribution in [-0.2, 0) is 11.3 Å². The number of aromatic nitrogens is 1. The summed E-state index contributed by atoms with van der Waals surface area (Å²) in [6, 6.07) is 6.59. The maximum atomic E-state index is 12.1. The minimum atomic E-state index is -0.418. The lowest BCUT2D eigenvalue weighted by atomic mass is 10.2. The number of carbonyl (C=O) groups is 1. The Morgan fingerprint density at radius 3 is 2.70 bits per heavy atom. The van der Waals surface area contributed by atoms with Gasteiger partial charge in [-0.05, 0) is 25.0 Å². The van der Waals surface area contributed by atoms with E-state index in [0.717, 1.165) is 36.8 Å². The van der Waals surface area contributed by atoms with Crippen LogP contribution in [0.25, 0.3) is 10.9 Å². The van der Waals surface area contributed by atoms with Crippen LogP contribution >= 0.6 is 0 Å². The second-order valence-electron chi connectivity index (χ2n) is 5.03. The summed E-state index contributed by atoms with van der Waals surface area (Å²) < 4.78 is 1.78. The van der Waals surface area contributed by atoms with Crippen molar-refractivity contribution in [3.8, 4) is 0 Å². The van der Waals surface area contributed by atoms with Crippen LogP contribution in [0.4, 0.5) is 5.69 Å². The average Bonchev–Trinajstić information content (AvgIpc) is 3.08. The van der Waals surface area contributed by atoms with Crippen molar-refractivity contribution < 1.29 is 9.72 Å². The van der Waals surface area contributed by atoms with Crippen LogP contribution in [0.5, 0.6) is 0 Å². The van der Waals surface area contributed by atoms with E-state index >= 15 is 0 Å². The summed E-state index contributed by atoms with van der Waals surface area (Å²) in [5.74, 6) is 0.0755. The molecule has 1 fully saturated rings. The molecule has 2 aromatic rings. The number of rotatable bonds is 3. The minimum Gasteiger partial charge on any atom is -0.341 e.